The number of aromatic nitrogens is 1. The Balaban J connectivity index is 2.04. The van der Waals surface area contributed by atoms with E-state index in [1.807, 2.05) is 0 Å². The Hall–Kier alpha value is -1.29. The predicted octanol–water partition coefficient (Wildman–Crippen LogP) is 3.86. The van der Waals surface area contributed by atoms with Gasteiger partial charge in [0, 0.05) is 22.6 Å². The van der Waals surface area contributed by atoms with Gasteiger partial charge in [-0.2, -0.15) is 0 Å². The van der Waals surface area contributed by atoms with Crippen LogP contribution >= 0.6 is 15.9 Å². The molecule has 1 saturated carbocycles. The van der Waals surface area contributed by atoms with E-state index in [1.54, 1.807) is 0 Å². The first-order chi connectivity index (χ1) is 9.62. The lowest BCUT2D eigenvalue weighted by molar-refractivity contribution is -0.147. The third-order valence-electron chi connectivity index (χ3n) is 4.99. The first kappa shape index (κ1) is 12.5. The van der Waals surface area contributed by atoms with E-state index in [1.165, 1.54) is 11.1 Å². The van der Waals surface area contributed by atoms with Crippen LogP contribution < -0.4 is 0 Å². The van der Waals surface area contributed by atoms with Crippen molar-refractivity contribution in [1.82, 2.24) is 4.57 Å². The molecule has 2 aromatic rings. The molecule has 2 aliphatic rings. The van der Waals surface area contributed by atoms with Gasteiger partial charge >= 0.3 is 5.97 Å². The van der Waals surface area contributed by atoms with Crippen molar-refractivity contribution < 1.29 is 9.90 Å². The van der Waals surface area contributed by atoms with Crippen LogP contribution in [0.5, 0.6) is 0 Å². The van der Waals surface area contributed by atoms with Gasteiger partial charge in [-0.3, -0.25) is 4.79 Å². The number of hydrogen-bond donors (Lipinski definition) is 1. The van der Waals surface area contributed by atoms with Crippen molar-refractivity contribution in [1.29, 1.82) is 0 Å². The number of carboxylic acid groups (broad SMARTS) is 1. The van der Waals surface area contributed by atoms with Crippen LogP contribution in [-0.2, 0) is 23.2 Å². The molecule has 0 bridgehead atoms. The Bertz CT molecular complexity index is 728. The number of aryl methyl sites for hydroxylation is 2. The SMILES string of the molecule is O=C(O)C1(c2cn3c4c(cc(Br)cc24)CCC3)CCC1. The average molecular weight is 334 g/mol. The highest BCUT2D eigenvalue weighted by atomic mass is 79.9. The molecule has 1 aliphatic carbocycles. The molecular weight excluding hydrogens is 318 g/mol. The van der Waals surface area contributed by atoms with E-state index in [0.29, 0.717) is 0 Å². The molecule has 1 aromatic carbocycles. The Kier molecular flexibility index (Phi) is 2.56. The summed E-state index contributed by atoms with van der Waals surface area (Å²) in [6.45, 7) is 1.00. The molecule has 1 N–H and O–H groups in total. The van der Waals surface area contributed by atoms with E-state index < -0.39 is 11.4 Å². The number of nitrogens with zero attached hydrogens (tertiary/aromatic N) is 1. The standard InChI is InChI=1S/C16H16BrNO2/c17-11-7-10-3-1-6-18-9-13(12(8-11)14(10)18)16(15(19)20)4-2-5-16/h7-9H,1-6H2,(H,19,20). The van der Waals surface area contributed by atoms with Crippen LogP contribution in [0.2, 0.25) is 0 Å². The molecule has 0 radical (unpaired) electrons. The summed E-state index contributed by atoms with van der Waals surface area (Å²) in [5, 5.41) is 10.8. The Labute approximate surface area is 125 Å². The van der Waals surface area contributed by atoms with Crippen LogP contribution in [0.3, 0.4) is 0 Å². The largest absolute Gasteiger partial charge is 0.481 e. The topological polar surface area (TPSA) is 42.2 Å². The number of carbonyl (C=O) groups is 1. The lowest BCUT2D eigenvalue weighted by Crippen LogP contribution is -2.42. The van der Waals surface area contributed by atoms with Crippen molar-refractivity contribution in [2.45, 2.75) is 44.1 Å². The minimum atomic E-state index is -0.663. The Morgan fingerprint density at radius 1 is 1.30 bits per heavy atom. The fourth-order valence-electron chi connectivity index (χ4n) is 3.81. The summed E-state index contributed by atoms with van der Waals surface area (Å²) >= 11 is 3.58. The van der Waals surface area contributed by atoms with E-state index in [0.717, 1.165) is 54.1 Å². The summed E-state index contributed by atoms with van der Waals surface area (Å²) in [4.78, 5) is 11.8. The van der Waals surface area contributed by atoms with Crippen molar-refractivity contribution in [2.75, 3.05) is 0 Å². The van der Waals surface area contributed by atoms with Gasteiger partial charge < -0.3 is 9.67 Å². The van der Waals surface area contributed by atoms with E-state index in [9.17, 15) is 9.90 Å². The monoisotopic (exact) mass is 333 g/mol. The van der Waals surface area contributed by atoms with Gasteiger partial charge in [-0.05, 0) is 48.9 Å². The molecule has 1 fully saturated rings. The van der Waals surface area contributed by atoms with E-state index >= 15 is 0 Å². The molecule has 4 rings (SSSR count). The van der Waals surface area contributed by atoms with Crippen LogP contribution in [0.1, 0.15) is 36.8 Å². The highest BCUT2D eigenvalue weighted by Gasteiger charge is 2.47. The predicted molar refractivity (Wildman–Crippen MR) is 81.1 cm³/mol. The fraction of sp³-hybridized carbons (Fsp3) is 0.438. The van der Waals surface area contributed by atoms with Gasteiger partial charge in [-0.25, -0.2) is 0 Å². The number of halogens is 1. The number of benzene rings is 1. The Morgan fingerprint density at radius 3 is 2.75 bits per heavy atom. The lowest BCUT2D eigenvalue weighted by atomic mass is 9.64. The summed E-state index contributed by atoms with van der Waals surface area (Å²) in [6.07, 6.45) is 6.87. The summed E-state index contributed by atoms with van der Waals surface area (Å²) < 4.78 is 3.32. The molecule has 0 saturated heterocycles. The number of rotatable bonds is 2. The normalized spacial score (nSPS) is 19.9. The number of hydrogen-bond acceptors (Lipinski definition) is 1. The molecule has 4 heteroatoms. The summed E-state index contributed by atoms with van der Waals surface area (Å²) in [5.41, 5.74) is 2.97. The maximum atomic E-state index is 11.8. The molecule has 3 nitrogen and oxygen atoms in total. The molecule has 0 amide bonds. The lowest BCUT2D eigenvalue weighted by Gasteiger charge is -2.37. The fourth-order valence-corrected chi connectivity index (χ4v) is 4.31. The van der Waals surface area contributed by atoms with Gasteiger partial charge in [0.15, 0.2) is 0 Å². The second kappa shape index (κ2) is 4.10. The molecule has 104 valence electrons. The third kappa shape index (κ3) is 1.48. The van der Waals surface area contributed by atoms with E-state index in [4.69, 9.17) is 0 Å². The van der Waals surface area contributed by atoms with Gasteiger partial charge in [0.05, 0.1) is 10.9 Å². The number of carboxylic acids is 1. The minimum Gasteiger partial charge on any atom is -0.481 e. The first-order valence-corrected chi connectivity index (χ1v) is 7.96. The summed E-state index contributed by atoms with van der Waals surface area (Å²) in [5.74, 6) is -0.663. The van der Waals surface area contributed by atoms with Crippen molar-refractivity contribution in [3.8, 4) is 0 Å². The van der Waals surface area contributed by atoms with Gasteiger partial charge in [0.25, 0.3) is 0 Å². The highest BCUT2D eigenvalue weighted by molar-refractivity contribution is 9.10. The van der Waals surface area contributed by atoms with E-state index in [-0.39, 0.29) is 0 Å². The van der Waals surface area contributed by atoms with Crippen molar-refractivity contribution in [3.63, 3.8) is 0 Å². The van der Waals surface area contributed by atoms with Crippen LogP contribution in [-0.4, -0.2) is 15.6 Å². The zero-order valence-corrected chi connectivity index (χ0v) is 12.7. The second-order valence-electron chi connectivity index (χ2n) is 6.04. The number of aliphatic carboxylic acids is 1. The second-order valence-corrected chi connectivity index (χ2v) is 6.96. The smallest absolute Gasteiger partial charge is 0.314 e. The minimum absolute atomic E-state index is 0.647. The summed E-state index contributed by atoms with van der Waals surface area (Å²) in [7, 11) is 0. The molecule has 0 atom stereocenters. The van der Waals surface area contributed by atoms with Gasteiger partial charge in [0.1, 0.15) is 0 Å². The average Bonchev–Trinajstić information content (AvgIpc) is 2.68. The third-order valence-corrected chi connectivity index (χ3v) is 5.45. The van der Waals surface area contributed by atoms with Crippen LogP contribution in [0.4, 0.5) is 0 Å². The maximum absolute atomic E-state index is 11.8. The molecule has 0 unspecified atom stereocenters. The van der Waals surface area contributed by atoms with Crippen molar-refractivity contribution in [3.05, 3.63) is 33.9 Å². The van der Waals surface area contributed by atoms with E-state index in [2.05, 4.69) is 38.8 Å². The quantitative estimate of drug-likeness (QED) is 0.906. The molecule has 2 heterocycles. The maximum Gasteiger partial charge on any atom is 0.314 e. The van der Waals surface area contributed by atoms with Gasteiger partial charge in [-0.1, -0.05) is 22.4 Å². The molecular formula is C16H16BrNO2. The zero-order chi connectivity index (χ0) is 13.9. The van der Waals surface area contributed by atoms with Gasteiger partial charge in [0.2, 0.25) is 0 Å². The molecule has 20 heavy (non-hydrogen) atoms. The highest BCUT2D eigenvalue weighted by Crippen LogP contribution is 2.48. The Morgan fingerprint density at radius 2 is 2.10 bits per heavy atom. The molecule has 0 spiro atoms. The zero-order valence-electron chi connectivity index (χ0n) is 11.2. The van der Waals surface area contributed by atoms with Crippen LogP contribution in [0.15, 0.2) is 22.8 Å². The van der Waals surface area contributed by atoms with Crippen LogP contribution in [0, 0.1) is 0 Å². The molecule has 1 aromatic heterocycles. The molecule has 1 aliphatic heterocycles. The van der Waals surface area contributed by atoms with Crippen LogP contribution in [0.25, 0.3) is 10.9 Å². The van der Waals surface area contributed by atoms with Crippen molar-refractivity contribution in [2.24, 2.45) is 0 Å². The van der Waals surface area contributed by atoms with Crippen molar-refractivity contribution >= 4 is 32.8 Å². The van der Waals surface area contributed by atoms with Gasteiger partial charge in [-0.15, -0.1) is 0 Å². The first-order valence-electron chi connectivity index (χ1n) is 7.17. The summed E-state index contributed by atoms with van der Waals surface area (Å²) in [6, 6.07) is 4.27.